The fourth-order valence-corrected chi connectivity index (χ4v) is 6.43. The van der Waals surface area contributed by atoms with Crippen molar-refractivity contribution < 1.29 is 49.4 Å². The Balaban J connectivity index is 2.31. The third-order valence-corrected chi connectivity index (χ3v) is 9.08. The molecule has 0 spiro atoms. The lowest BCUT2D eigenvalue weighted by Crippen LogP contribution is -2.40. The van der Waals surface area contributed by atoms with Crippen LogP contribution in [0.25, 0.3) is 11.1 Å². The van der Waals surface area contributed by atoms with Crippen LogP contribution in [0.15, 0.2) is 66.1 Å². The first-order valence-corrected chi connectivity index (χ1v) is 18.0. The molecule has 2 atom stereocenters. The summed E-state index contributed by atoms with van der Waals surface area (Å²) in [4.78, 5) is 42.1. The summed E-state index contributed by atoms with van der Waals surface area (Å²) in [6, 6.07) is 0.858. The van der Waals surface area contributed by atoms with Crippen molar-refractivity contribution in [2.75, 3.05) is 27.2 Å². The van der Waals surface area contributed by atoms with Gasteiger partial charge in [0.25, 0.3) is 5.56 Å². The van der Waals surface area contributed by atoms with Crippen LogP contribution in [0.2, 0.25) is 0 Å². The zero-order valence-corrected chi connectivity index (χ0v) is 32.0. The minimum atomic E-state index is -5.27. The Morgan fingerprint density at radius 1 is 0.982 bits per heavy atom. The van der Waals surface area contributed by atoms with Crippen LogP contribution in [0.3, 0.4) is 0 Å². The van der Waals surface area contributed by atoms with Crippen molar-refractivity contribution in [3.63, 3.8) is 0 Å². The van der Waals surface area contributed by atoms with Gasteiger partial charge in [-0.3, -0.25) is 14.4 Å². The van der Waals surface area contributed by atoms with Crippen LogP contribution >= 0.6 is 0 Å². The Bertz CT molecular complexity index is 1970. The first kappa shape index (κ1) is 45.6. The number of hydrogen-bond acceptors (Lipinski definition) is 5. The standard InChI is InChI=1S/C41H47F8N3O4/c1-8-10-11-12-26-18-29(42)17-25(5)37(26)28-19-30(38(43)32(20-28)41(47,48)49)33(22-36(54)56-9-2)50-39(55)34(14-13-24(3)4)52-23-27(15-16-51(6)7)31(21-35(52)53)40(44,45)46/h8,17-21,23,33-34H,1,3,9-16,22H2,2,4-7H3,(H,50,55)/t33-,34-/m0/s1. The molecule has 1 N–H and O–H groups in total. The number of benzene rings is 2. The van der Waals surface area contributed by atoms with Gasteiger partial charge in [0.2, 0.25) is 5.91 Å². The molecule has 1 amide bonds. The summed E-state index contributed by atoms with van der Waals surface area (Å²) in [5, 5.41) is 2.43. The Hall–Kier alpha value is -4.79. The molecular formula is C41H47F8N3O4. The summed E-state index contributed by atoms with van der Waals surface area (Å²) in [6.07, 6.45) is -7.59. The number of hydrogen-bond donors (Lipinski definition) is 1. The Kier molecular flexibility index (Phi) is 15.8. The van der Waals surface area contributed by atoms with Gasteiger partial charge >= 0.3 is 18.3 Å². The summed E-state index contributed by atoms with van der Waals surface area (Å²) in [5.74, 6) is -4.56. The van der Waals surface area contributed by atoms with Crippen molar-refractivity contribution in [3.8, 4) is 11.1 Å². The van der Waals surface area contributed by atoms with E-state index in [4.69, 9.17) is 4.74 Å². The smallest absolute Gasteiger partial charge is 0.419 e. The zero-order valence-electron chi connectivity index (χ0n) is 32.0. The Morgan fingerprint density at radius 3 is 2.21 bits per heavy atom. The first-order valence-electron chi connectivity index (χ1n) is 18.0. The maximum atomic E-state index is 16.2. The van der Waals surface area contributed by atoms with E-state index in [-0.39, 0.29) is 61.1 Å². The fourth-order valence-electron chi connectivity index (χ4n) is 6.43. The highest BCUT2D eigenvalue weighted by atomic mass is 19.4. The SMILES string of the molecule is C=CCCCc1cc(F)cc(C)c1-c1cc([C@H](CC(=O)OCC)NC(=O)[C@H](CCC(=C)C)n2cc(CCN(C)C)c(C(F)(F)F)cc2=O)c(F)c(C(F)(F)F)c1. The molecule has 0 aliphatic heterocycles. The lowest BCUT2D eigenvalue weighted by Gasteiger charge is -2.27. The minimum absolute atomic E-state index is 0.0850. The van der Waals surface area contributed by atoms with E-state index in [0.29, 0.717) is 36.1 Å². The first-order chi connectivity index (χ1) is 26.1. The van der Waals surface area contributed by atoms with E-state index >= 15 is 4.39 Å². The molecule has 0 unspecified atom stereocenters. The van der Waals surface area contributed by atoms with Gasteiger partial charge in [-0.2, -0.15) is 26.3 Å². The lowest BCUT2D eigenvalue weighted by atomic mass is 9.88. The number of nitrogens with zero attached hydrogens (tertiary/aromatic N) is 2. The normalized spacial score (nSPS) is 13.0. The van der Waals surface area contributed by atoms with Crippen molar-refractivity contribution in [1.29, 1.82) is 0 Å². The highest BCUT2D eigenvalue weighted by Gasteiger charge is 2.39. The number of nitrogens with one attached hydrogen (secondary N) is 1. The largest absolute Gasteiger partial charge is 0.466 e. The van der Waals surface area contributed by atoms with Crippen LogP contribution in [0, 0.1) is 18.6 Å². The summed E-state index contributed by atoms with van der Waals surface area (Å²) in [6.45, 7) is 12.0. The summed E-state index contributed by atoms with van der Waals surface area (Å²) < 4.78 is 123. The molecule has 0 bridgehead atoms. The summed E-state index contributed by atoms with van der Waals surface area (Å²) in [5.41, 5.74) is -4.07. The second kappa shape index (κ2) is 19.4. The average Bonchev–Trinajstić information content (AvgIpc) is 3.07. The highest BCUT2D eigenvalue weighted by molar-refractivity contribution is 5.82. The van der Waals surface area contributed by atoms with E-state index in [0.717, 1.165) is 22.9 Å². The van der Waals surface area contributed by atoms with Crippen LogP contribution in [-0.4, -0.2) is 48.6 Å². The van der Waals surface area contributed by atoms with Crippen molar-refractivity contribution in [2.24, 2.45) is 0 Å². The van der Waals surface area contributed by atoms with Gasteiger partial charge in [0.15, 0.2) is 0 Å². The van der Waals surface area contributed by atoms with Crippen molar-refractivity contribution in [1.82, 2.24) is 14.8 Å². The number of halogens is 8. The number of amides is 1. The van der Waals surface area contributed by atoms with Gasteiger partial charge in [-0.25, -0.2) is 8.78 Å². The zero-order chi connectivity index (χ0) is 42.1. The van der Waals surface area contributed by atoms with E-state index < -0.39 is 76.6 Å². The molecule has 0 saturated carbocycles. The number of aryl methyl sites for hydroxylation is 2. The van der Waals surface area contributed by atoms with Gasteiger partial charge in [-0.15, -0.1) is 13.2 Å². The van der Waals surface area contributed by atoms with E-state index in [1.54, 1.807) is 32.0 Å². The molecule has 306 valence electrons. The molecule has 1 aromatic heterocycles. The van der Waals surface area contributed by atoms with Gasteiger partial charge in [0.05, 0.1) is 30.2 Å². The number of alkyl halides is 6. The molecular weight excluding hydrogens is 750 g/mol. The van der Waals surface area contributed by atoms with Crippen molar-refractivity contribution in [2.45, 2.75) is 90.2 Å². The molecule has 3 aromatic rings. The third kappa shape index (κ3) is 12.1. The fraction of sp³-hybridized carbons (Fsp3) is 0.439. The average molecular weight is 798 g/mol. The topological polar surface area (TPSA) is 80.6 Å². The quantitative estimate of drug-likeness (QED) is 0.0601. The van der Waals surface area contributed by atoms with Crippen molar-refractivity contribution in [3.05, 3.63) is 117 Å². The predicted octanol–water partition coefficient (Wildman–Crippen LogP) is 9.46. The van der Waals surface area contributed by atoms with Crippen LogP contribution in [0.1, 0.15) is 91.4 Å². The monoisotopic (exact) mass is 797 g/mol. The van der Waals surface area contributed by atoms with E-state index in [2.05, 4.69) is 18.5 Å². The molecule has 0 radical (unpaired) electrons. The number of ether oxygens (including phenoxy) is 1. The van der Waals surface area contributed by atoms with Crippen LogP contribution < -0.4 is 10.9 Å². The molecule has 0 aliphatic rings. The van der Waals surface area contributed by atoms with Gasteiger partial charge in [0.1, 0.15) is 17.7 Å². The second-order valence-corrected chi connectivity index (χ2v) is 14.0. The number of unbranched alkanes of at least 4 members (excludes halogenated alkanes) is 1. The number of pyridine rings is 1. The highest BCUT2D eigenvalue weighted by Crippen LogP contribution is 2.41. The van der Waals surface area contributed by atoms with E-state index in [1.165, 1.54) is 19.9 Å². The minimum Gasteiger partial charge on any atom is -0.466 e. The number of likely N-dealkylation sites (N-methyl/N-ethyl adjacent to an activating group) is 1. The Morgan fingerprint density at radius 2 is 1.64 bits per heavy atom. The Labute approximate surface area is 321 Å². The lowest BCUT2D eigenvalue weighted by molar-refractivity contribution is -0.144. The number of aromatic nitrogens is 1. The molecule has 0 saturated heterocycles. The second-order valence-electron chi connectivity index (χ2n) is 14.0. The molecule has 7 nitrogen and oxygen atoms in total. The van der Waals surface area contributed by atoms with Crippen LogP contribution in [-0.2, 0) is 39.5 Å². The summed E-state index contributed by atoms with van der Waals surface area (Å²) in [7, 11) is 3.27. The van der Waals surface area contributed by atoms with Crippen LogP contribution in [0.5, 0.6) is 0 Å². The number of allylic oxidation sites excluding steroid dienone is 2. The molecule has 1 heterocycles. The predicted molar refractivity (Wildman–Crippen MR) is 198 cm³/mol. The third-order valence-electron chi connectivity index (χ3n) is 9.08. The van der Waals surface area contributed by atoms with Crippen molar-refractivity contribution >= 4 is 11.9 Å². The van der Waals surface area contributed by atoms with E-state index in [1.807, 2.05) is 0 Å². The summed E-state index contributed by atoms with van der Waals surface area (Å²) >= 11 is 0. The molecule has 0 fully saturated rings. The van der Waals surface area contributed by atoms with Gasteiger partial charge < -0.3 is 19.5 Å². The van der Waals surface area contributed by atoms with Gasteiger partial charge in [-0.05, 0) is 125 Å². The molecule has 2 aromatic carbocycles. The van der Waals surface area contributed by atoms with Gasteiger partial charge in [0, 0.05) is 24.4 Å². The van der Waals surface area contributed by atoms with Gasteiger partial charge in [-0.1, -0.05) is 11.6 Å². The number of carbonyl (C=O) groups excluding carboxylic acids is 2. The molecule has 56 heavy (non-hydrogen) atoms. The number of rotatable bonds is 18. The molecule has 15 heteroatoms. The maximum Gasteiger partial charge on any atom is 0.419 e. The maximum absolute atomic E-state index is 16.2. The number of carbonyl (C=O) groups is 2. The molecule has 3 rings (SSSR count). The molecule has 0 aliphatic carbocycles. The van der Waals surface area contributed by atoms with Crippen LogP contribution in [0.4, 0.5) is 35.1 Å². The van der Waals surface area contributed by atoms with E-state index in [9.17, 15) is 45.1 Å². The number of esters is 1.